The lowest BCUT2D eigenvalue weighted by Gasteiger charge is -2.09. The van der Waals surface area contributed by atoms with Gasteiger partial charge in [0.1, 0.15) is 5.82 Å². The van der Waals surface area contributed by atoms with Crippen molar-refractivity contribution in [3.05, 3.63) is 23.9 Å². The minimum absolute atomic E-state index is 0.106. The van der Waals surface area contributed by atoms with Gasteiger partial charge in [-0.05, 0) is 26.0 Å². The molecule has 0 saturated heterocycles. The number of nitrogens with zero attached hydrogens (tertiary/aromatic N) is 1. The van der Waals surface area contributed by atoms with Crippen LogP contribution in [0.2, 0.25) is 0 Å². The maximum atomic E-state index is 11.3. The van der Waals surface area contributed by atoms with Crippen LogP contribution < -0.4 is 16.4 Å². The molecule has 2 amide bonds. The molecule has 0 aliphatic rings. The second kappa shape index (κ2) is 5.83. The molecule has 0 spiro atoms. The topological polar surface area (TPSA) is 97.1 Å². The summed E-state index contributed by atoms with van der Waals surface area (Å²) in [5.74, 6) is -0.115. The number of hydrogen-bond acceptors (Lipinski definition) is 4. The lowest BCUT2D eigenvalue weighted by atomic mass is 10.3. The van der Waals surface area contributed by atoms with Crippen molar-refractivity contribution < 1.29 is 9.59 Å². The third kappa shape index (κ3) is 4.50. The molecule has 17 heavy (non-hydrogen) atoms. The Balaban J connectivity index is 2.47. The van der Waals surface area contributed by atoms with E-state index in [9.17, 15) is 9.59 Å². The SMILES string of the molecule is CC(C)NC(=O)CNc1ccc(C(N)=O)cn1. The fraction of sp³-hybridized carbons (Fsp3) is 0.364. The van der Waals surface area contributed by atoms with Gasteiger partial charge in [0.05, 0.1) is 12.1 Å². The minimum atomic E-state index is -0.526. The monoisotopic (exact) mass is 236 g/mol. The van der Waals surface area contributed by atoms with Gasteiger partial charge in [-0.3, -0.25) is 9.59 Å². The molecule has 0 radical (unpaired) electrons. The molecule has 1 heterocycles. The van der Waals surface area contributed by atoms with Gasteiger partial charge in [0.2, 0.25) is 11.8 Å². The number of primary amides is 1. The predicted octanol–water partition coefficient (Wildman–Crippen LogP) is 0.117. The van der Waals surface area contributed by atoms with Crippen molar-refractivity contribution >= 4 is 17.6 Å². The Morgan fingerprint density at radius 1 is 1.41 bits per heavy atom. The van der Waals surface area contributed by atoms with Crippen LogP contribution in [-0.2, 0) is 4.79 Å². The average molecular weight is 236 g/mol. The van der Waals surface area contributed by atoms with Crippen LogP contribution in [0.4, 0.5) is 5.82 Å². The maximum absolute atomic E-state index is 11.3. The Kier molecular flexibility index (Phi) is 4.45. The maximum Gasteiger partial charge on any atom is 0.250 e. The van der Waals surface area contributed by atoms with Gasteiger partial charge in [-0.15, -0.1) is 0 Å². The third-order valence-electron chi connectivity index (χ3n) is 1.93. The van der Waals surface area contributed by atoms with Crippen LogP contribution in [0.3, 0.4) is 0 Å². The van der Waals surface area contributed by atoms with Crippen LogP contribution in [0.25, 0.3) is 0 Å². The molecule has 0 atom stereocenters. The number of nitrogens with one attached hydrogen (secondary N) is 2. The van der Waals surface area contributed by atoms with E-state index in [-0.39, 0.29) is 18.5 Å². The highest BCUT2D eigenvalue weighted by Gasteiger charge is 2.04. The fourth-order valence-corrected chi connectivity index (χ4v) is 1.19. The first-order chi connectivity index (χ1) is 7.99. The molecule has 0 aromatic carbocycles. The fourth-order valence-electron chi connectivity index (χ4n) is 1.19. The molecule has 0 fully saturated rings. The molecule has 1 aromatic rings. The smallest absolute Gasteiger partial charge is 0.250 e. The summed E-state index contributed by atoms with van der Waals surface area (Å²) in [6, 6.07) is 3.26. The molecule has 0 bridgehead atoms. The first-order valence-corrected chi connectivity index (χ1v) is 5.28. The molecule has 4 N–H and O–H groups in total. The van der Waals surface area contributed by atoms with E-state index in [0.29, 0.717) is 11.4 Å². The van der Waals surface area contributed by atoms with E-state index in [1.165, 1.54) is 6.20 Å². The number of nitrogens with two attached hydrogens (primary N) is 1. The summed E-state index contributed by atoms with van der Waals surface area (Å²) < 4.78 is 0. The molecular weight excluding hydrogens is 220 g/mol. The summed E-state index contributed by atoms with van der Waals surface area (Å²) in [5, 5.41) is 5.58. The second-order valence-corrected chi connectivity index (χ2v) is 3.87. The lowest BCUT2D eigenvalue weighted by Crippen LogP contribution is -2.34. The van der Waals surface area contributed by atoms with Gasteiger partial charge < -0.3 is 16.4 Å². The summed E-state index contributed by atoms with van der Waals surface area (Å²) in [6.07, 6.45) is 1.37. The van der Waals surface area contributed by atoms with Crippen molar-refractivity contribution in [1.82, 2.24) is 10.3 Å². The van der Waals surface area contributed by atoms with Crippen LogP contribution in [0.15, 0.2) is 18.3 Å². The number of aromatic nitrogens is 1. The first kappa shape index (κ1) is 13.0. The number of amides is 2. The zero-order valence-electron chi connectivity index (χ0n) is 9.86. The molecule has 0 unspecified atom stereocenters. The second-order valence-electron chi connectivity index (χ2n) is 3.87. The first-order valence-electron chi connectivity index (χ1n) is 5.28. The highest BCUT2D eigenvalue weighted by molar-refractivity contribution is 5.92. The molecule has 0 aliphatic carbocycles. The molecule has 0 saturated carbocycles. The van der Waals surface area contributed by atoms with Crippen LogP contribution in [0, 0.1) is 0 Å². The van der Waals surface area contributed by atoms with Crippen molar-refractivity contribution in [2.24, 2.45) is 5.73 Å². The van der Waals surface area contributed by atoms with E-state index >= 15 is 0 Å². The highest BCUT2D eigenvalue weighted by atomic mass is 16.2. The zero-order valence-corrected chi connectivity index (χ0v) is 9.86. The van der Waals surface area contributed by atoms with Gasteiger partial charge in [0.25, 0.3) is 0 Å². The lowest BCUT2D eigenvalue weighted by molar-refractivity contribution is -0.119. The van der Waals surface area contributed by atoms with Gasteiger partial charge in [-0.1, -0.05) is 0 Å². The van der Waals surface area contributed by atoms with Gasteiger partial charge in [-0.2, -0.15) is 0 Å². The summed E-state index contributed by atoms with van der Waals surface area (Å²) >= 11 is 0. The Hall–Kier alpha value is -2.11. The number of carbonyl (C=O) groups is 2. The average Bonchev–Trinajstić information content (AvgIpc) is 2.26. The van der Waals surface area contributed by atoms with E-state index in [2.05, 4.69) is 15.6 Å². The third-order valence-corrected chi connectivity index (χ3v) is 1.93. The number of rotatable bonds is 5. The largest absolute Gasteiger partial charge is 0.366 e. The number of hydrogen-bond donors (Lipinski definition) is 3. The number of carbonyl (C=O) groups excluding carboxylic acids is 2. The zero-order chi connectivity index (χ0) is 12.8. The van der Waals surface area contributed by atoms with Crippen molar-refractivity contribution in [3.63, 3.8) is 0 Å². The molecule has 1 aromatic heterocycles. The molecular formula is C11H16N4O2. The van der Waals surface area contributed by atoms with E-state index in [0.717, 1.165) is 0 Å². The van der Waals surface area contributed by atoms with Gasteiger partial charge in [0.15, 0.2) is 0 Å². The van der Waals surface area contributed by atoms with E-state index < -0.39 is 5.91 Å². The van der Waals surface area contributed by atoms with Crippen molar-refractivity contribution in [3.8, 4) is 0 Å². The normalized spacial score (nSPS) is 10.1. The van der Waals surface area contributed by atoms with E-state index in [1.54, 1.807) is 12.1 Å². The summed E-state index contributed by atoms with van der Waals surface area (Å²) in [4.78, 5) is 26.1. The Labute approximate surface area is 99.6 Å². The van der Waals surface area contributed by atoms with Gasteiger partial charge in [-0.25, -0.2) is 4.98 Å². The summed E-state index contributed by atoms with van der Waals surface area (Å²) in [6.45, 7) is 3.91. The Bertz CT molecular complexity index is 400. The van der Waals surface area contributed by atoms with Gasteiger partial charge in [0, 0.05) is 12.2 Å². The van der Waals surface area contributed by atoms with Gasteiger partial charge >= 0.3 is 0 Å². The highest BCUT2D eigenvalue weighted by Crippen LogP contribution is 2.03. The summed E-state index contributed by atoms with van der Waals surface area (Å²) in [5.41, 5.74) is 5.41. The Morgan fingerprint density at radius 2 is 2.12 bits per heavy atom. The van der Waals surface area contributed by atoms with E-state index in [1.807, 2.05) is 13.8 Å². The molecule has 6 heteroatoms. The number of anilines is 1. The van der Waals surface area contributed by atoms with E-state index in [4.69, 9.17) is 5.73 Å². The predicted molar refractivity (Wildman–Crippen MR) is 64.5 cm³/mol. The molecule has 92 valence electrons. The van der Waals surface area contributed by atoms with Crippen LogP contribution in [0.5, 0.6) is 0 Å². The van der Waals surface area contributed by atoms with Crippen LogP contribution in [-0.4, -0.2) is 29.4 Å². The molecule has 1 rings (SSSR count). The standard InChI is InChI=1S/C11H16N4O2/c1-7(2)15-10(16)6-14-9-4-3-8(5-13-9)11(12)17/h3-5,7H,6H2,1-2H3,(H2,12,17)(H,13,14)(H,15,16). The van der Waals surface area contributed by atoms with Crippen molar-refractivity contribution in [1.29, 1.82) is 0 Å². The van der Waals surface area contributed by atoms with Crippen molar-refractivity contribution in [2.45, 2.75) is 19.9 Å². The quantitative estimate of drug-likeness (QED) is 0.676. The van der Waals surface area contributed by atoms with Crippen LogP contribution in [0.1, 0.15) is 24.2 Å². The van der Waals surface area contributed by atoms with Crippen LogP contribution >= 0.6 is 0 Å². The molecule has 0 aliphatic heterocycles. The van der Waals surface area contributed by atoms with Crippen molar-refractivity contribution in [2.75, 3.05) is 11.9 Å². The number of pyridine rings is 1. The Morgan fingerprint density at radius 3 is 2.59 bits per heavy atom. The molecule has 6 nitrogen and oxygen atoms in total. The summed E-state index contributed by atoms with van der Waals surface area (Å²) in [7, 11) is 0. The minimum Gasteiger partial charge on any atom is -0.366 e.